The molecule has 0 N–H and O–H groups in total. The molecule has 0 aliphatic heterocycles. The third kappa shape index (κ3) is 7.01. The van der Waals surface area contributed by atoms with Gasteiger partial charge in [0.1, 0.15) is 0 Å². The van der Waals surface area contributed by atoms with Crippen molar-refractivity contribution in [2.75, 3.05) is 0 Å². The summed E-state index contributed by atoms with van der Waals surface area (Å²) in [7, 11) is 3.76. The van der Waals surface area contributed by atoms with E-state index in [0.29, 0.717) is 0 Å². The van der Waals surface area contributed by atoms with Gasteiger partial charge in [0, 0.05) is 0 Å². The van der Waals surface area contributed by atoms with Gasteiger partial charge < -0.3 is 0 Å². The van der Waals surface area contributed by atoms with E-state index in [1.165, 1.54) is 22.5 Å². The number of nitrogens with zero attached hydrogens (tertiary/aromatic N) is 2. The molecule has 0 saturated heterocycles. The van der Waals surface area contributed by atoms with Crippen molar-refractivity contribution in [3.05, 3.63) is 46.8 Å². The topological polar surface area (TPSA) is 25.8 Å². The van der Waals surface area contributed by atoms with Crippen molar-refractivity contribution < 1.29 is 0 Å². The second-order valence-corrected chi connectivity index (χ2v) is 60.2. The van der Waals surface area contributed by atoms with Gasteiger partial charge in [0.25, 0.3) is 0 Å². The van der Waals surface area contributed by atoms with Gasteiger partial charge in [0.15, 0.2) is 0 Å². The molecule has 0 bridgehead atoms. The molecule has 0 fully saturated rings. The SMILES string of the molecule is CCc1cc(CC)nc([S][Sn]([Br])([Br])[S]c2cc(CC)cc(CC)n2)c1. The normalized spacial score (nSPS) is 11.8. The number of rotatable bonds is 8. The van der Waals surface area contributed by atoms with E-state index in [9.17, 15) is 0 Å². The Balaban J connectivity index is 2.22. The van der Waals surface area contributed by atoms with Crippen molar-refractivity contribution in [3.63, 3.8) is 0 Å². The average Bonchev–Trinajstić information content (AvgIpc) is 2.59. The summed E-state index contributed by atoms with van der Waals surface area (Å²) in [6.45, 7) is 8.72. The van der Waals surface area contributed by atoms with E-state index in [1.807, 2.05) is 17.9 Å². The Hall–Kier alpha value is 0.759. The number of pyridine rings is 2. The molecule has 25 heavy (non-hydrogen) atoms. The number of hydrogen-bond acceptors (Lipinski definition) is 4. The number of hydrogen-bond donors (Lipinski definition) is 0. The van der Waals surface area contributed by atoms with Crippen LogP contribution in [-0.2, 0) is 25.7 Å². The average molecular weight is 611 g/mol. The zero-order valence-electron chi connectivity index (χ0n) is 15.1. The van der Waals surface area contributed by atoms with Crippen molar-refractivity contribution in [3.8, 4) is 0 Å². The molecule has 0 saturated carbocycles. The molecule has 0 radical (unpaired) electrons. The van der Waals surface area contributed by atoms with Gasteiger partial charge in [0.2, 0.25) is 0 Å². The molecule has 0 amide bonds. The Bertz CT molecular complexity index is 622. The molecule has 2 aromatic heterocycles. The van der Waals surface area contributed by atoms with Gasteiger partial charge in [0.05, 0.1) is 0 Å². The fourth-order valence-corrected chi connectivity index (χ4v) is 27.6. The fraction of sp³-hybridized carbons (Fsp3) is 0.444. The van der Waals surface area contributed by atoms with Crippen LogP contribution in [0.1, 0.15) is 50.2 Å². The number of halogens is 2. The molecule has 0 spiro atoms. The summed E-state index contributed by atoms with van der Waals surface area (Å²) in [5, 5.41) is 2.24. The molecule has 0 unspecified atom stereocenters. The Kier molecular flexibility index (Phi) is 9.12. The summed E-state index contributed by atoms with van der Waals surface area (Å²) in [4.78, 5) is 9.63. The van der Waals surface area contributed by atoms with Gasteiger partial charge in [-0.1, -0.05) is 0 Å². The molecule has 2 aromatic rings. The molecule has 0 aliphatic carbocycles. The van der Waals surface area contributed by atoms with Crippen LogP contribution in [0, 0.1) is 0 Å². The van der Waals surface area contributed by atoms with Crippen LogP contribution in [0.4, 0.5) is 0 Å². The van der Waals surface area contributed by atoms with Crippen LogP contribution >= 0.6 is 43.3 Å². The van der Waals surface area contributed by atoms with Gasteiger partial charge in [-0.2, -0.15) is 0 Å². The zero-order valence-corrected chi connectivity index (χ0v) is 22.8. The first-order chi connectivity index (χ1) is 11.9. The standard InChI is InChI=1S/2C9H13NS.2BrH.Sn/c2*1-3-7-5-8(4-2)10-9(11)6-7;;;/h2*5-6H,3-4H2,1-2H3,(H,10,11);2*1H;/q;;;;+4/p-4. The van der Waals surface area contributed by atoms with Crippen LogP contribution in [0.5, 0.6) is 0 Å². The van der Waals surface area contributed by atoms with Crippen LogP contribution in [0.2, 0.25) is 0 Å². The van der Waals surface area contributed by atoms with E-state index >= 15 is 0 Å². The first-order valence-corrected chi connectivity index (χ1v) is 30.1. The predicted octanol–water partition coefficient (Wildman–Crippen LogP) is 6.84. The molecular formula is C18H24Br2N2S2Sn. The second-order valence-electron chi connectivity index (χ2n) is 5.69. The maximum absolute atomic E-state index is 4.82. The van der Waals surface area contributed by atoms with E-state index in [1.54, 1.807) is 0 Å². The van der Waals surface area contributed by atoms with Gasteiger partial charge in [-0.05, 0) is 0 Å². The van der Waals surface area contributed by atoms with E-state index in [-0.39, 0.29) is 0 Å². The van der Waals surface area contributed by atoms with Crippen molar-refractivity contribution in [1.29, 1.82) is 0 Å². The molecule has 2 heterocycles. The Morgan fingerprint density at radius 3 is 1.44 bits per heavy atom. The maximum atomic E-state index is 4.82. The summed E-state index contributed by atoms with van der Waals surface area (Å²) in [6.07, 6.45) is 4.04. The summed E-state index contributed by atoms with van der Waals surface area (Å²) in [5.41, 5.74) is 5.07. The molecule has 0 atom stereocenters. The minimum absolute atomic E-state index is 0.974. The number of aryl methyl sites for hydroxylation is 4. The van der Waals surface area contributed by atoms with Crippen LogP contribution in [0.15, 0.2) is 34.3 Å². The first-order valence-electron chi connectivity index (χ1n) is 8.64. The summed E-state index contributed by atoms with van der Waals surface area (Å²) in [5.74, 6) is 0. The van der Waals surface area contributed by atoms with Crippen molar-refractivity contribution in [2.24, 2.45) is 0 Å². The molecule has 136 valence electrons. The molecule has 0 aromatic carbocycles. The molecule has 2 rings (SSSR count). The van der Waals surface area contributed by atoms with Crippen LogP contribution < -0.4 is 0 Å². The monoisotopic (exact) mass is 610 g/mol. The van der Waals surface area contributed by atoms with Crippen LogP contribution in [0.25, 0.3) is 0 Å². The fourth-order valence-electron chi connectivity index (χ4n) is 2.38. The number of aromatic nitrogens is 2. The van der Waals surface area contributed by atoms with Gasteiger partial charge >= 0.3 is 175 Å². The van der Waals surface area contributed by atoms with Crippen LogP contribution in [-0.4, -0.2) is 21.1 Å². The van der Waals surface area contributed by atoms with Crippen molar-refractivity contribution in [2.45, 2.75) is 63.4 Å². The van der Waals surface area contributed by atoms with Gasteiger partial charge in [-0.3, -0.25) is 0 Å². The summed E-state index contributed by atoms with van der Waals surface area (Å²) >= 11 is 5.21. The van der Waals surface area contributed by atoms with E-state index in [4.69, 9.17) is 9.97 Å². The Labute approximate surface area is 173 Å². The molecule has 0 aliphatic rings. The third-order valence-electron chi connectivity index (χ3n) is 3.82. The van der Waals surface area contributed by atoms with Gasteiger partial charge in [-0.15, -0.1) is 0 Å². The Morgan fingerprint density at radius 2 is 1.12 bits per heavy atom. The van der Waals surface area contributed by atoms with E-state index in [0.717, 1.165) is 35.7 Å². The van der Waals surface area contributed by atoms with E-state index in [2.05, 4.69) is 77.4 Å². The molecule has 2 nitrogen and oxygen atoms in total. The molecule has 7 heteroatoms. The minimum atomic E-state index is -2.81. The predicted molar refractivity (Wildman–Crippen MR) is 121 cm³/mol. The first kappa shape index (κ1) is 22.1. The molecular weight excluding hydrogens is 587 g/mol. The Morgan fingerprint density at radius 1 is 0.720 bits per heavy atom. The summed E-state index contributed by atoms with van der Waals surface area (Å²) in [6, 6.07) is 8.89. The summed E-state index contributed by atoms with van der Waals surface area (Å²) < 4.78 is 0. The van der Waals surface area contributed by atoms with Crippen LogP contribution in [0.3, 0.4) is 0 Å². The van der Waals surface area contributed by atoms with Crippen molar-refractivity contribution >= 4 is 54.5 Å². The zero-order chi connectivity index (χ0) is 18.4. The van der Waals surface area contributed by atoms with E-state index < -0.39 is 11.2 Å². The van der Waals surface area contributed by atoms with Crippen molar-refractivity contribution in [1.82, 2.24) is 9.97 Å². The third-order valence-corrected chi connectivity index (χ3v) is 29.2. The second kappa shape index (κ2) is 10.3. The van der Waals surface area contributed by atoms with Gasteiger partial charge in [-0.25, -0.2) is 0 Å². The quantitative estimate of drug-likeness (QED) is 0.306.